The van der Waals surface area contributed by atoms with E-state index in [0.717, 1.165) is 6.42 Å². The van der Waals surface area contributed by atoms with E-state index in [2.05, 4.69) is 15.3 Å². The molecule has 1 aliphatic heterocycles. The van der Waals surface area contributed by atoms with Crippen molar-refractivity contribution in [1.82, 2.24) is 20.2 Å². The first kappa shape index (κ1) is 15.2. The Labute approximate surface area is 131 Å². The van der Waals surface area contributed by atoms with Crippen molar-refractivity contribution in [3.05, 3.63) is 36.7 Å². The molecule has 0 spiro atoms. The first-order valence-electron chi connectivity index (χ1n) is 7.19. The third kappa shape index (κ3) is 3.75. The molecule has 0 saturated carbocycles. The third-order valence-corrected chi connectivity index (χ3v) is 3.44. The molecule has 1 fully saturated rings. The van der Waals surface area contributed by atoms with Crippen LogP contribution < -0.4 is 5.32 Å². The molecular formula is C14H16N4O5. The van der Waals surface area contributed by atoms with Crippen LogP contribution in [0.5, 0.6) is 0 Å². The molecule has 3 rings (SSSR count). The second kappa shape index (κ2) is 7.05. The first-order chi connectivity index (χ1) is 11.2. The van der Waals surface area contributed by atoms with Crippen LogP contribution in [0, 0.1) is 0 Å². The number of aromatic nitrogens is 2. The van der Waals surface area contributed by atoms with E-state index in [4.69, 9.17) is 13.6 Å². The van der Waals surface area contributed by atoms with Crippen molar-refractivity contribution in [2.45, 2.75) is 12.5 Å². The van der Waals surface area contributed by atoms with Gasteiger partial charge >= 0.3 is 0 Å². The lowest BCUT2D eigenvalue weighted by Crippen LogP contribution is -2.42. The number of hydrogen-bond donors (Lipinski definition) is 1. The topological polar surface area (TPSA) is 111 Å². The lowest BCUT2D eigenvalue weighted by Gasteiger charge is -2.23. The maximum atomic E-state index is 12.3. The number of carbonyl (C=O) groups excluding carboxylic acids is 2. The quantitative estimate of drug-likeness (QED) is 0.863. The van der Waals surface area contributed by atoms with Gasteiger partial charge < -0.3 is 23.8 Å². The highest BCUT2D eigenvalue weighted by Crippen LogP contribution is 2.10. The molecule has 1 atom stereocenters. The van der Waals surface area contributed by atoms with Crippen molar-refractivity contribution in [2.24, 2.45) is 0 Å². The standard InChI is InChI=1S/C14H16N4O5/c19-13(11-6-21-8-16-11)15-4-10-5-18(2-1-3-23-10)14(20)12-7-22-9-17-12/h6-10H,1-5H2,(H,15,19). The Morgan fingerprint density at radius 1 is 1.22 bits per heavy atom. The van der Waals surface area contributed by atoms with Gasteiger partial charge in [-0.2, -0.15) is 0 Å². The minimum atomic E-state index is -0.346. The third-order valence-electron chi connectivity index (χ3n) is 3.44. The molecule has 9 nitrogen and oxygen atoms in total. The summed E-state index contributed by atoms with van der Waals surface area (Å²) in [6.07, 6.45) is 5.41. The molecule has 2 amide bonds. The van der Waals surface area contributed by atoms with Crippen molar-refractivity contribution < 1.29 is 23.2 Å². The van der Waals surface area contributed by atoms with Crippen LogP contribution in [0.4, 0.5) is 0 Å². The second-order valence-electron chi connectivity index (χ2n) is 5.05. The molecule has 1 unspecified atom stereocenters. The zero-order chi connectivity index (χ0) is 16.1. The summed E-state index contributed by atoms with van der Waals surface area (Å²) in [4.78, 5) is 33.5. The number of carbonyl (C=O) groups is 2. The highest BCUT2D eigenvalue weighted by Gasteiger charge is 2.25. The number of ether oxygens (including phenoxy) is 1. The molecule has 9 heteroatoms. The molecule has 2 aromatic heterocycles. The Morgan fingerprint density at radius 3 is 2.65 bits per heavy atom. The summed E-state index contributed by atoms with van der Waals surface area (Å²) in [5.41, 5.74) is 0.464. The van der Waals surface area contributed by atoms with Crippen LogP contribution >= 0.6 is 0 Å². The van der Waals surface area contributed by atoms with Gasteiger partial charge in [-0.25, -0.2) is 9.97 Å². The lowest BCUT2D eigenvalue weighted by molar-refractivity contribution is 0.0464. The number of nitrogens with zero attached hydrogens (tertiary/aromatic N) is 3. The van der Waals surface area contributed by atoms with E-state index < -0.39 is 0 Å². The van der Waals surface area contributed by atoms with Crippen molar-refractivity contribution in [3.63, 3.8) is 0 Å². The summed E-state index contributed by atoms with van der Waals surface area (Å²) in [5.74, 6) is -0.557. The van der Waals surface area contributed by atoms with Crippen LogP contribution in [0.2, 0.25) is 0 Å². The van der Waals surface area contributed by atoms with E-state index in [0.29, 0.717) is 19.7 Å². The maximum absolute atomic E-state index is 12.3. The second-order valence-corrected chi connectivity index (χ2v) is 5.05. The fourth-order valence-corrected chi connectivity index (χ4v) is 2.31. The molecule has 122 valence electrons. The van der Waals surface area contributed by atoms with Gasteiger partial charge in [0, 0.05) is 26.2 Å². The summed E-state index contributed by atoms with van der Waals surface area (Å²) in [7, 11) is 0. The summed E-state index contributed by atoms with van der Waals surface area (Å²) in [6.45, 7) is 1.73. The number of amides is 2. The molecule has 23 heavy (non-hydrogen) atoms. The normalized spacial score (nSPS) is 18.4. The SMILES string of the molecule is O=C(NCC1CN(C(=O)c2cocn2)CCCO1)c1cocn1. The molecule has 0 aliphatic carbocycles. The van der Waals surface area contributed by atoms with Gasteiger partial charge in [0.1, 0.15) is 12.5 Å². The van der Waals surface area contributed by atoms with Gasteiger partial charge in [-0.15, -0.1) is 0 Å². The average molecular weight is 320 g/mol. The van der Waals surface area contributed by atoms with Crippen LogP contribution in [0.1, 0.15) is 27.4 Å². The Balaban J connectivity index is 1.57. The van der Waals surface area contributed by atoms with Crippen molar-refractivity contribution in [3.8, 4) is 0 Å². The van der Waals surface area contributed by atoms with Crippen LogP contribution in [0.25, 0.3) is 0 Å². The molecule has 2 aromatic rings. The number of nitrogens with one attached hydrogen (secondary N) is 1. The maximum Gasteiger partial charge on any atom is 0.275 e. The van der Waals surface area contributed by atoms with E-state index in [1.54, 1.807) is 4.90 Å². The molecule has 0 aromatic carbocycles. The molecular weight excluding hydrogens is 304 g/mol. The van der Waals surface area contributed by atoms with Crippen molar-refractivity contribution >= 4 is 11.8 Å². The summed E-state index contributed by atoms with van der Waals surface area (Å²) in [6, 6.07) is 0. The molecule has 0 radical (unpaired) electrons. The Morgan fingerprint density at radius 2 is 1.96 bits per heavy atom. The molecule has 3 heterocycles. The van der Waals surface area contributed by atoms with Gasteiger partial charge in [-0.1, -0.05) is 0 Å². The fraction of sp³-hybridized carbons (Fsp3) is 0.429. The monoisotopic (exact) mass is 320 g/mol. The van der Waals surface area contributed by atoms with Gasteiger partial charge in [0.2, 0.25) is 0 Å². The average Bonchev–Trinajstić information content (AvgIpc) is 3.23. The highest BCUT2D eigenvalue weighted by atomic mass is 16.5. The summed E-state index contributed by atoms with van der Waals surface area (Å²) in [5, 5.41) is 2.72. The number of oxazole rings is 2. The van der Waals surface area contributed by atoms with Crippen molar-refractivity contribution in [1.29, 1.82) is 0 Å². The summed E-state index contributed by atoms with van der Waals surface area (Å²) < 4.78 is 15.3. The zero-order valence-corrected chi connectivity index (χ0v) is 12.3. The molecule has 0 bridgehead atoms. The Hall–Kier alpha value is -2.68. The zero-order valence-electron chi connectivity index (χ0n) is 12.3. The van der Waals surface area contributed by atoms with E-state index in [9.17, 15) is 9.59 Å². The van der Waals surface area contributed by atoms with Gasteiger partial charge in [0.25, 0.3) is 11.8 Å². The minimum Gasteiger partial charge on any atom is -0.451 e. The largest absolute Gasteiger partial charge is 0.451 e. The van der Waals surface area contributed by atoms with E-state index in [-0.39, 0.29) is 35.9 Å². The van der Waals surface area contributed by atoms with Crippen LogP contribution in [-0.4, -0.2) is 59.0 Å². The predicted octanol–water partition coefficient (Wildman–Crippen LogP) is 0.324. The smallest absolute Gasteiger partial charge is 0.275 e. The summed E-state index contributed by atoms with van der Waals surface area (Å²) >= 11 is 0. The fourth-order valence-electron chi connectivity index (χ4n) is 2.31. The Kier molecular flexibility index (Phi) is 4.67. The minimum absolute atomic E-state index is 0.203. The Bertz CT molecular complexity index is 640. The van der Waals surface area contributed by atoms with Crippen molar-refractivity contribution in [2.75, 3.05) is 26.2 Å². The van der Waals surface area contributed by atoms with Gasteiger partial charge in [-0.3, -0.25) is 9.59 Å². The van der Waals surface area contributed by atoms with E-state index in [1.807, 2.05) is 0 Å². The van der Waals surface area contributed by atoms with Crippen LogP contribution in [0.15, 0.2) is 34.1 Å². The number of hydrogen-bond acceptors (Lipinski definition) is 7. The molecule has 1 saturated heterocycles. The van der Waals surface area contributed by atoms with Gasteiger partial charge in [0.05, 0.1) is 6.10 Å². The first-order valence-corrected chi connectivity index (χ1v) is 7.19. The van der Waals surface area contributed by atoms with Crippen LogP contribution in [0.3, 0.4) is 0 Å². The van der Waals surface area contributed by atoms with Gasteiger partial charge in [0.15, 0.2) is 24.2 Å². The molecule has 1 aliphatic rings. The lowest BCUT2D eigenvalue weighted by atomic mass is 10.2. The highest BCUT2D eigenvalue weighted by molar-refractivity contribution is 5.92. The van der Waals surface area contributed by atoms with E-state index in [1.165, 1.54) is 25.3 Å². The van der Waals surface area contributed by atoms with E-state index >= 15 is 0 Å². The van der Waals surface area contributed by atoms with Crippen LogP contribution in [-0.2, 0) is 4.74 Å². The number of rotatable bonds is 4. The van der Waals surface area contributed by atoms with Gasteiger partial charge in [-0.05, 0) is 6.42 Å². The molecule has 1 N–H and O–H groups in total. The predicted molar refractivity (Wildman–Crippen MR) is 75.6 cm³/mol.